The van der Waals surface area contributed by atoms with Gasteiger partial charge in [-0.25, -0.2) is 0 Å². The van der Waals surface area contributed by atoms with Gasteiger partial charge in [-0.1, -0.05) is 23.2 Å². The molecule has 0 amide bonds. The molecule has 1 atom stereocenters. The van der Waals surface area contributed by atoms with E-state index in [2.05, 4.69) is 0 Å². The van der Waals surface area contributed by atoms with Crippen molar-refractivity contribution in [1.29, 1.82) is 0 Å². The summed E-state index contributed by atoms with van der Waals surface area (Å²) < 4.78 is 5.48. The Balaban J connectivity index is 0.00000225. The molecule has 0 saturated carbocycles. The zero-order valence-corrected chi connectivity index (χ0v) is 11.6. The normalized spacial score (nSPS) is 11.8. The quantitative estimate of drug-likeness (QED) is 0.915. The topological polar surface area (TPSA) is 35.2 Å². The first kappa shape index (κ1) is 15.9. The first-order valence-corrected chi connectivity index (χ1v) is 5.66. The maximum atomic E-state index is 5.94. The Morgan fingerprint density at radius 2 is 1.88 bits per heavy atom. The fourth-order valence-corrected chi connectivity index (χ4v) is 1.71. The van der Waals surface area contributed by atoms with Crippen molar-refractivity contribution in [2.45, 2.75) is 26.3 Å². The Morgan fingerprint density at radius 1 is 1.31 bits per heavy atom. The van der Waals surface area contributed by atoms with Crippen molar-refractivity contribution < 1.29 is 4.74 Å². The Labute approximate surface area is 112 Å². The number of halogens is 3. The van der Waals surface area contributed by atoms with Crippen LogP contribution >= 0.6 is 35.6 Å². The fourth-order valence-electron chi connectivity index (χ4n) is 1.37. The van der Waals surface area contributed by atoms with Crippen LogP contribution in [0.25, 0.3) is 0 Å². The highest BCUT2D eigenvalue weighted by atomic mass is 35.5. The first-order valence-electron chi connectivity index (χ1n) is 4.91. The molecule has 16 heavy (non-hydrogen) atoms. The lowest BCUT2D eigenvalue weighted by atomic mass is 10.1. The highest BCUT2D eigenvalue weighted by molar-refractivity contribution is 6.42. The zero-order chi connectivity index (χ0) is 11.4. The van der Waals surface area contributed by atoms with Crippen LogP contribution in [0.3, 0.4) is 0 Å². The number of hydrogen-bond donors (Lipinski definition) is 1. The fraction of sp³-hybridized carbons (Fsp3) is 0.455. The summed E-state index contributed by atoms with van der Waals surface area (Å²) in [5, 5.41) is 1.05. The van der Waals surface area contributed by atoms with Crippen LogP contribution in [0.2, 0.25) is 10.0 Å². The Bertz CT molecular complexity index is 342. The summed E-state index contributed by atoms with van der Waals surface area (Å²) in [5.41, 5.74) is 6.75. The summed E-state index contributed by atoms with van der Waals surface area (Å²) in [5.74, 6) is 0.768. The van der Waals surface area contributed by atoms with E-state index in [4.69, 9.17) is 33.7 Å². The van der Waals surface area contributed by atoms with Crippen LogP contribution in [0.5, 0.6) is 5.75 Å². The number of benzene rings is 1. The van der Waals surface area contributed by atoms with Gasteiger partial charge in [0.1, 0.15) is 5.75 Å². The van der Waals surface area contributed by atoms with Crippen LogP contribution in [-0.2, 0) is 6.42 Å². The van der Waals surface area contributed by atoms with Gasteiger partial charge in [-0.05, 0) is 31.9 Å². The average Bonchev–Trinajstić information content (AvgIpc) is 2.13. The van der Waals surface area contributed by atoms with Gasteiger partial charge in [-0.15, -0.1) is 12.4 Å². The number of ether oxygens (including phenoxy) is 1. The summed E-state index contributed by atoms with van der Waals surface area (Å²) >= 11 is 11.9. The minimum Gasteiger partial charge on any atom is -0.494 e. The van der Waals surface area contributed by atoms with Crippen molar-refractivity contribution in [2.24, 2.45) is 5.73 Å². The molecule has 2 nitrogen and oxygen atoms in total. The lowest BCUT2D eigenvalue weighted by Crippen LogP contribution is -2.18. The van der Waals surface area contributed by atoms with Gasteiger partial charge in [0.2, 0.25) is 0 Å². The predicted octanol–water partition coefficient (Wildman–Crippen LogP) is 3.70. The van der Waals surface area contributed by atoms with E-state index in [0.29, 0.717) is 16.7 Å². The van der Waals surface area contributed by atoms with E-state index >= 15 is 0 Å². The van der Waals surface area contributed by atoms with Gasteiger partial charge in [0, 0.05) is 12.1 Å². The van der Waals surface area contributed by atoms with Crippen molar-refractivity contribution in [3.8, 4) is 5.75 Å². The lowest BCUT2D eigenvalue weighted by Gasteiger charge is -2.13. The molecule has 0 heterocycles. The van der Waals surface area contributed by atoms with E-state index in [9.17, 15) is 0 Å². The van der Waals surface area contributed by atoms with Crippen LogP contribution in [0, 0.1) is 0 Å². The van der Waals surface area contributed by atoms with E-state index in [0.717, 1.165) is 17.7 Å². The molecule has 0 spiro atoms. The third kappa shape index (κ3) is 4.38. The molecule has 0 aromatic heterocycles. The molecule has 0 fully saturated rings. The van der Waals surface area contributed by atoms with Crippen LogP contribution in [0.4, 0.5) is 0 Å². The van der Waals surface area contributed by atoms with Crippen molar-refractivity contribution in [3.05, 3.63) is 27.7 Å². The molecular formula is C11H16Cl3NO. The summed E-state index contributed by atoms with van der Waals surface area (Å²) in [7, 11) is 0. The van der Waals surface area contributed by atoms with E-state index in [1.54, 1.807) is 6.07 Å². The number of nitrogens with two attached hydrogens (primary N) is 1. The smallest absolute Gasteiger partial charge is 0.124 e. The summed E-state index contributed by atoms with van der Waals surface area (Å²) in [4.78, 5) is 0. The molecule has 0 aliphatic heterocycles. The molecule has 1 unspecified atom stereocenters. The van der Waals surface area contributed by atoms with Gasteiger partial charge in [-0.2, -0.15) is 0 Å². The van der Waals surface area contributed by atoms with E-state index in [1.165, 1.54) is 0 Å². The lowest BCUT2D eigenvalue weighted by molar-refractivity contribution is 0.336. The maximum Gasteiger partial charge on any atom is 0.124 e. The predicted molar refractivity (Wildman–Crippen MR) is 72.2 cm³/mol. The molecule has 92 valence electrons. The minimum absolute atomic E-state index is 0. The SMILES string of the molecule is CCOc1cc(Cl)c(Cl)cc1CC(C)N.Cl. The average molecular weight is 285 g/mol. The van der Waals surface area contributed by atoms with Crippen LogP contribution in [0.1, 0.15) is 19.4 Å². The molecular weight excluding hydrogens is 268 g/mol. The monoisotopic (exact) mass is 283 g/mol. The van der Waals surface area contributed by atoms with Crippen molar-refractivity contribution >= 4 is 35.6 Å². The molecule has 0 bridgehead atoms. The van der Waals surface area contributed by atoms with Crippen molar-refractivity contribution in [1.82, 2.24) is 0 Å². The Kier molecular flexibility index (Phi) is 7.16. The minimum atomic E-state index is 0. The summed E-state index contributed by atoms with van der Waals surface area (Å²) in [6, 6.07) is 3.63. The van der Waals surface area contributed by atoms with Crippen LogP contribution in [-0.4, -0.2) is 12.6 Å². The van der Waals surface area contributed by atoms with Gasteiger partial charge in [0.25, 0.3) is 0 Å². The first-order chi connectivity index (χ1) is 7.04. The largest absolute Gasteiger partial charge is 0.494 e. The molecule has 0 aliphatic rings. The van der Waals surface area contributed by atoms with E-state index in [1.807, 2.05) is 19.9 Å². The van der Waals surface area contributed by atoms with Gasteiger partial charge in [0.15, 0.2) is 0 Å². The maximum absolute atomic E-state index is 5.94. The second-order valence-electron chi connectivity index (χ2n) is 3.49. The van der Waals surface area contributed by atoms with E-state index in [-0.39, 0.29) is 18.4 Å². The van der Waals surface area contributed by atoms with Crippen molar-refractivity contribution in [3.63, 3.8) is 0 Å². The molecule has 1 rings (SSSR count). The Morgan fingerprint density at radius 3 is 2.38 bits per heavy atom. The third-order valence-electron chi connectivity index (χ3n) is 1.95. The van der Waals surface area contributed by atoms with Crippen molar-refractivity contribution in [2.75, 3.05) is 6.61 Å². The van der Waals surface area contributed by atoms with Gasteiger partial charge >= 0.3 is 0 Å². The Hall–Kier alpha value is -0.150. The number of hydrogen-bond acceptors (Lipinski definition) is 2. The molecule has 0 aliphatic carbocycles. The number of rotatable bonds is 4. The van der Waals surface area contributed by atoms with Crippen LogP contribution < -0.4 is 10.5 Å². The standard InChI is InChI=1S/C11H15Cl2NO.ClH/c1-3-15-11-6-10(13)9(12)5-8(11)4-7(2)14;/h5-7H,3-4,14H2,1-2H3;1H. The highest BCUT2D eigenvalue weighted by Gasteiger charge is 2.10. The molecule has 0 saturated heterocycles. The molecule has 5 heteroatoms. The second kappa shape index (κ2) is 7.23. The second-order valence-corrected chi connectivity index (χ2v) is 4.30. The van der Waals surface area contributed by atoms with Gasteiger partial charge in [-0.3, -0.25) is 0 Å². The van der Waals surface area contributed by atoms with Gasteiger partial charge < -0.3 is 10.5 Å². The molecule has 0 radical (unpaired) electrons. The van der Waals surface area contributed by atoms with E-state index < -0.39 is 0 Å². The molecule has 2 N–H and O–H groups in total. The third-order valence-corrected chi connectivity index (χ3v) is 2.67. The summed E-state index contributed by atoms with van der Waals surface area (Å²) in [6.07, 6.45) is 0.728. The van der Waals surface area contributed by atoms with Gasteiger partial charge in [0.05, 0.1) is 16.7 Å². The highest BCUT2D eigenvalue weighted by Crippen LogP contribution is 2.31. The molecule has 1 aromatic carbocycles. The van der Waals surface area contributed by atoms with Crippen LogP contribution in [0.15, 0.2) is 12.1 Å². The zero-order valence-electron chi connectivity index (χ0n) is 9.30. The molecule has 1 aromatic rings. The summed E-state index contributed by atoms with van der Waals surface area (Å²) in [6.45, 7) is 4.47.